The molecule has 0 aromatic heterocycles. The minimum absolute atomic E-state index is 0.106. The first-order valence-corrected chi connectivity index (χ1v) is 13.9. The topological polar surface area (TPSA) is 126 Å². The zero-order chi connectivity index (χ0) is 29.5. The van der Waals surface area contributed by atoms with E-state index in [0.29, 0.717) is 43.8 Å². The van der Waals surface area contributed by atoms with Crippen molar-refractivity contribution in [1.82, 2.24) is 9.80 Å². The van der Waals surface area contributed by atoms with Gasteiger partial charge in [0.1, 0.15) is 24.4 Å². The molecule has 42 heavy (non-hydrogen) atoms. The van der Waals surface area contributed by atoms with Crippen molar-refractivity contribution in [2.24, 2.45) is 11.8 Å². The fourth-order valence-electron chi connectivity index (χ4n) is 5.18. The number of nitriles is 1. The Labute approximate surface area is 243 Å². The number of carbonyl (C=O) groups is 4. The first kappa shape index (κ1) is 28.6. The second-order valence-corrected chi connectivity index (χ2v) is 10.4. The molecule has 0 radical (unpaired) electrons. The van der Waals surface area contributed by atoms with Crippen LogP contribution in [0.25, 0.3) is 0 Å². The van der Waals surface area contributed by atoms with E-state index in [1.807, 2.05) is 36.4 Å². The Morgan fingerprint density at radius 1 is 1.00 bits per heavy atom. The van der Waals surface area contributed by atoms with Crippen LogP contribution in [0.4, 0.5) is 4.79 Å². The highest BCUT2D eigenvalue weighted by Crippen LogP contribution is 2.31. The van der Waals surface area contributed by atoms with E-state index in [1.165, 1.54) is 0 Å². The molecule has 5 rings (SSSR count). The van der Waals surface area contributed by atoms with E-state index in [2.05, 4.69) is 0 Å². The highest BCUT2D eigenvalue weighted by Gasteiger charge is 2.36. The maximum atomic E-state index is 12.8. The Morgan fingerprint density at radius 2 is 1.74 bits per heavy atom. The molecular weight excluding hydrogens is 538 g/mol. The van der Waals surface area contributed by atoms with Crippen LogP contribution in [-0.2, 0) is 25.7 Å². The second-order valence-electron chi connectivity index (χ2n) is 10.4. The molecule has 10 nitrogen and oxygen atoms in total. The van der Waals surface area contributed by atoms with Crippen molar-refractivity contribution in [3.8, 4) is 11.8 Å². The predicted octanol–water partition coefficient (Wildman–Crippen LogP) is 3.69. The van der Waals surface area contributed by atoms with Crippen molar-refractivity contribution >= 4 is 23.6 Å². The normalized spacial score (nSPS) is 19.9. The van der Waals surface area contributed by atoms with Gasteiger partial charge in [0.15, 0.2) is 18.2 Å². The van der Waals surface area contributed by atoms with Gasteiger partial charge in [-0.1, -0.05) is 42.5 Å². The molecule has 2 heterocycles. The smallest absolute Gasteiger partial charge is 0.410 e. The molecule has 1 fully saturated rings. The number of fused-ring (bicyclic) bond motifs is 1. The summed E-state index contributed by atoms with van der Waals surface area (Å²) in [6, 6.07) is 17.9. The van der Waals surface area contributed by atoms with Gasteiger partial charge in [-0.2, -0.15) is 5.26 Å². The number of rotatable bonds is 9. The fraction of sp³-hybridized carbons (Fsp3) is 0.344. The lowest BCUT2D eigenvalue weighted by Crippen LogP contribution is -2.42. The van der Waals surface area contributed by atoms with Crippen LogP contribution in [-0.4, -0.2) is 72.3 Å². The molecule has 2 aromatic carbocycles. The molecule has 0 N–H and O–H groups in total. The summed E-state index contributed by atoms with van der Waals surface area (Å²) in [5, 5.41) is 9.11. The molecule has 3 aliphatic rings. The summed E-state index contributed by atoms with van der Waals surface area (Å²) in [5.74, 6) is -1.46. The summed E-state index contributed by atoms with van der Waals surface area (Å²) in [6.45, 7) is 1.29. The third-order valence-electron chi connectivity index (χ3n) is 7.50. The van der Waals surface area contributed by atoms with E-state index in [4.69, 9.17) is 19.5 Å². The highest BCUT2D eigenvalue weighted by atomic mass is 16.6. The molecule has 0 spiro atoms. The van der Waals surface area contributed by atoms with Gasteiger partial charge >= 0.3 is 12.1 Å². The van der Waals surface area contributed by atoms with Gasteiger partial charge in [-0.3, -0.25) is 9.59 Å². The number of Topliss-reactive ketones (excluding diaryl/α,β-unsaturated/α-hetero) is 2. The Balaban J connectivity index is 1.00. The number of esters is 1. The van der Waals surface area contributed by atoms with E-state index in [0.717, 1.165) is 11.1 Å². The molecule has 1 saturated heterocycles. The van der Waals surface area contributed by atoms with E-state index in [-0.39, 0.29) is 49.4 Å². The van der Waals surface area contributed by atoms with E-state index in [9.17, 15) is 19.2 Å². The van der Waals surface area contributed by atoms with E-state index < -0.39 is 11.9 Å². The molecule has 2 unspecified atom stereocenters. The van der Waals surface area contributed by atoms with Crippen LogP contribution >= 0.6 is 0 Å². The summed E-state index contributed by atoms with van der Waals surface area (Å²) in [6.07, 6.45) is 5.52. The Bertz CT molecular complexity index is 1420. The molecule has 0 bridgehead atoms. The molecular formula is C32H31N3O7. The minimum atomic E-state index is -0.734. The molecule has 0 saturated carbocycles. The summed E-state index contributed by atoms with van der Waals surface area (Å²) >= 11 is 0. The summed E-state index contributed by atoms with van der Waals surface area (Å²) in [5.41, 5.74) is 2.21. The number of amides is 1. The molecule has 1 aliphatic carbocycles. The maximum Gasteiger partial charge on any atom is 0.410 e. The van der Waals surface area contributed by atoms with Crippen LogP contribution in [0.15, 0.2) is 78.5 Å². The van der Waals surface area contributed by atoms with Crippen molar-refractivity contribution in [3.05, 3.63) is 89.6 Å². The third kappa shape index (κ3) is 7.04. The number of allylic oxidation sites excluding steroid dienone is 2. The molecule has 1 amide bonds. The first-order chi connectivity index (χ1) is 20.4. The van der Waals surface area contributed by atoms with Crippen molar-refractivity contribution in [1.29, 1.82) is 5.26 Å². The number of nitrogens with zero attached hydrogens (tertiary/aromatic N) is 3. The standard InChI is InChI=1S/C32H31N3O7/c33-16-24-6-7-25-17-34(18-28(25)31(24)38)19-29(36)23-8-10-26(11-9-23)40-21-30(37)42-27-12-14-35(15-13-27)32(39)41-20-22-4-2-1-3-5-22/h1-11,17,24,27-28H,12-15,18-21H2. The number of benzene rings is 2. The molecule has 216 valence electrons. The quantitative estimate of drug-likeness (QED) is 0.328. The number of ether oxygens (including phenoxy) is 3. The number of hydrogen-bond acceptors (Lipinski definition) is 9. The minimum Gasteiger partial charge on any atom is -0.482 e. The maximum absolute atomic E-state index is 12.8. The molecule has 2 aliphatic heterocycles. The van der Waals surface area contributed by atoms with Gasteiger partial charge in [-0.05, 0) is 35.4 Å². The summed E-state index contributed by atoms with van der Waals surface area (Å²) in [7, 11) is 0. The van der Waals surface area contributed by atoms with Gasteiger partial charge < -0.3 is 24.0 Å². The van der Waals surface area contributed by atoms with Crippen molar-refractivity contribution in [2.75, 3.05) is 32.8 Å². The summed E-state index contributed by atoms with van der Waals surface area (Å²) in [4.78, 5) is 53.3. The van der Waals surface area contributed by atoms with Crippen LogP contribution < -0.4 is 4.74 Å². The van der Waals surface area contributed by atoms with Crippen LogP contribution in [0.5, 0.6) is 5.75 Å². The molecule has 2 aromatic rings. The average molecular weight is 570 g/mol. The lowest BCUT2D eigenvalue weighted by Gasteiger charge is -2.31. The lowest BCUT2D eigenvalue weighted by molar-refractivity contribution is -0.153. The fourth-order valence-corrected chi connectivity index (χ4v) is 5.18. The third-order valence-corrected chi connectivity index (χ3v) is 7.50. The van der Waals surface area contributed by atoms with Crippen molar-refractivity contribution in [2.45, 2.75) is 25.6 Å². The number of carbonyl (C=O) groups excluding carboxylic acids is 4. The SMILES string of the molecule is N#CC1C=CC2=CN(CC(=O)c3ccc(OCC(=O)OC4CCN(C(=O)OCc5ccccc5)CC4)cc3)CC2C1=O. The Hall–Kier alpha value is -4.91. The van der Waals surface area contributed by atoms with E-state index in [1.54, 1.807) is 52.4 Å². The predicted molar refractivity (Wildman–Crippen MR) is 150 cm³/mol. The Kier molecular flexibility index (Phi) is 8.97. The number of piperidine rings is 1. The van der Waals surface area contributed by atoms with Crippen LogP contribution in [0.2, 0.25) is 0 Å². The van der Waals surface area contributed by atoms with E-state index >= 15 is 0 Å². The van der Waals surface area contributed by atoms with Gasteiger partial charge in [0.05, 0.1) is 18.5 Å². The van der Waals surface area contributed by atoms with Crippen LogP contribution in [0, 0.1) is 23.2 Å². The van der Waals surface area contributed by atoms with Gasteiger partial charge in [-0.25, -0.2) is 9.59 Å². The Morgan fingerprint density at radius 3 is 2.45 bits per heavy atom. The van der Waals surface area contributed by atoms with Crippen LogP contribution in [0.1, 0.15) is 28.8 Å². The van der Waals surface area contributed by atoms with Gasteiger partial charge in [0.2, 0.25) is 0 Å². The van der Waals surface area contributed by atoms with Gasteiger partial charge in [0, 0.05) is 44.2 Å². The van der Waals surface area contributed by atoms with Gasteiger partial charge in [-0.15, -0.1) is 0 Å². The lowest BCUT2D eigenvalue weighted by atomic mass is 9.84. The number of likely N-dealkylation sites (tertiary alicyclic amines) is 1. The van der Waals surface area contributed by atoms with Crippen molar-refractivity contribution in [3.63, 3.8) is 0 Å². The first-order valence-electron chi connectivity index (χ1n) is 13.9. The highest BCUT2D eigenvalue weighted by molar-refractivity contribution is 5.98. The zero-order valence-corrected chi connectivity index (χ0v) is 23.0. The molecule has 2 atom stereocenters. The summed E-state index contributed by atoms with van der Waals surface area (Å²) < 4.78 is 16.4. The average Bonchev–Trinajstić information content (AvgIpc) is 3.43. The molecule has 10 heteroatoms. The second kappa shape index (κ2) is 13.2. The monoisotopic (exact) mass is 569 g/mol. The zero-order valence-electron chi connectivity index (χ0n) is 23.0. The van der Waals surface area contributed by atoms with Crippen LogP contribution in [0.3, 0.4) is 0 Å². The number of ketones is 2. The number of hydrogen-bond donors (Lipinski definition) is 0. The van der Waals surface area contributed by atoms with Gasteiger partial charge in [0.25, 0.3) is 0 Å². The largest absolute Gasteiger partial charge is 0.482 e. The van der Waals surface area contributed by atoms with Crippen molar-refractivity contribution < 1.29 is 33.4 Å².